The number of rotatable bonds is 1. The smallest absolute Gasteiger partial charge is 0.150 e. The highest BCUT2D eigenvalue weighted by Gasteiger charge is 2.08. The quantitative estimate of drug-likeness (QED) is 0.494. The Bertz CT molecular complexity index is 64.1. The van der Waals surface area contributed by atoms with Crippen LogP contribution < -0.4 is 0 Å². The van der Waals surface area contributed by atoms with Gasteiger partial charge in [0.15, 0.2) is 0 Å². The predicted molar refractivity (Wildman–Crippen MR) is 58.5 cm³/mol. The number of hydrogen-bond acceptors (Lipinski definition) is 0. The van der Waals surface area contributed by atoms with Crippen molar-refractivity contribution in [2.24, 2.45) is 0 Å². The predicted octanol–water partition coefficient (Wildman–Crippen LogP) is 3.87. The molecule has 0 aromatic heterocycles. The van der Waals surface area contributed by atoms with Crippen molar-refractivity contribution in [3.8, 4) is 0 Å². The van der Waals surface area contributed by atoms with Gasteiger partial charge in [0.1, 0.15) is 0 Å². The molecule has 0 aromatic carbocycles. The summed E-state index contributed by atoms with van der Waals surface area (Å²) in [6, 6.07) is 0.975. The van der Waals surface area contributed by atoms with Crippen LogP contribution in [0.3, 0.4) is 0 Å². The fourth-order valence-electron chi connectivity index (χ4n) is 0. The van der Waals surface area contributed by atoms with Gasteiger partial charge in [-0.1, -0.05) is 6.92 Å². The second-order valence-corrected chi connectivity index (χ2v) is 16.5. The molecule has 0 saturated carbocycles. The van der Waals surface area contributed by atoms with Gasteiger partial charge in [-0.05, 0) is 19.1 Å². The molecule has 0 fully saturated rings. The summed E-state index contributed by atoms with van der Waals surface area (Å²) in [7, 11) is -1.21. The molecule has 0 saturated heterocycles. The average molecular weight is 258 g/mol. The van der Waals surface area contributed by atoms with E-state index in [1.165, 1.54) is 0 Å². The van der Waals surface area contributed by atoms with Gasteiger partial charge in [0.05, 0.1) is 0 Å². The van der Waals surface area contributed by atoms with Gasteiger partial charge in [-0.3, -0.25) is 0 Å². The lowest BCUT2D eigenvalue weighted by Gasteiger charge is -1.93. The van der Waals surface area contributed by atoms with E-state index in [0.29, 0.717) is 0 Å². The maximum Gasteiger partial charge on any atom is 0.245 e. The van der Waals surface area contributed by atoms with Crippen molar-refractivity contribution < 1.29 is 0 Å². The summed E-state index contributed by atoms with van der Waals surface area (Å²) in [4.78, 5) is 0. The Labute approximate surface area is 84.2 Å². The van der Waals surface area contributed by atoms with Crippen LogP contribution in [0, 0.1) is 0 Å². The van der Waals surface area contributed by atoms with Crippen LogP contribution in [0.15, 0.2) is 0 Å². The second kappa shape index (κ2) is 7.25. The molecule has 0 rings (SSSR count). The van der Waals surface area contributed by atoms with Crippen LogP contribution in [-0.2, 0) is 0 Å². The van der Waals surface area contributed by atoms with E-state index in [1.807, 2.05) is 20.0 Å². The molecule has 0 N–H and O–H groups in total. The lowest BCUT2D eigenvalue weighted by Crippen LogP contribution is -2.02. The normalized spacial score (nSPS) is 10.8. The fourth-order valence-corrected chi connectivity index (χ4v) is 0. The zero-order chi connectivity index (χ0) is 8.78. The SMILES string of the molecule is CC[SiH](Cl)Cl.C[Si](C)(Cl)Cl. The number of halogens is 4. The van der Waals surface area contributed by atoms with Gasteiger partial charge >= 0.3 is 0 Å². The molecule has 10 heavy (non-hydrogen) atoms. The molecule has 6 heteroatoms. The highest BCUT2D eigenvalue weighted by molar-refractivity contribution is 7.44. The van der Waals surface area contributed by atoms with E-state index < -0.39 is 14.1 Å². The molecular formula is C4H12Cl4Si2. The molecule has 0 aliphatic rings. The van der Waals surface area contributed by atoms with Gasteiger partial charge in [0.2, 0.25) is 14.1 Å². The Morgan fingerprint density at radius 2 is 1.30 bits per heavy atom. The van der Waals surface area contributed by atoms with Crippen molar-refractivity contribution in [2.45, 2.75) is 26.1 Å². The monoisotopic (exact) mass is 256 g/mol. The Morgan fingerprint density at radius 1 is 1.20 bits per heavy atom. The summed E-state index contributed by atoms with van der Waals surface area (Å²) in [6.45, 7) is 4.04. The Hall–Kier alpha value is 1.59. The van der Waals surface area contributed by atoms with Gasteiger partial charge in [-0.25, -0.2) is 0 Å². The molecule has 0 heterocycles. The molecule has 64 valence electrons. The van der Waals surface area contributed by atoms with Crippen molar-refractivity contribution in [3.05, 3.63) is 0 Å². The highest BCUT2D eigenvalue weighted by Crippen LogP contribution is 2.10. The van der Waals surface area contributed by atoms with Crippen molar-refractivity contribution in [3.63, 3.8) is 0 Å². The minimum atomic E-state index is -1.67. The first kappa shape index (κ1) is 14.1. The highest BCUT2D eigenvalue weighted by atomic mass is 35.7. The Morgan fingerprint density at radius 3 is 1.30 bits per heavy atom. The topological polar surface area (TPSA) is 0 Å². The molecule has 0 radical (unpaired) electrons. The lowest BCUT2D eigenvalue weighted by molar-refractivity contribution is 1.47. The molecule has 0 spiro atoms. The van der Waals surface area contributed by atoms with E-state index in [1.54, 1.807) is 0 Å². The standard InChI is InChI=1S/2C2H6Cl2Si/c1-5(2,3)4;1-2-5(3)4/h1-2H3;5H,2H2,1H3. The van der Waals surface area contributed by atoms with E-state index >= 15 is 0 Å². The molecule has 0 aliphatic carbocycles. The summed E-state index contributed by atoms with van der Waals surface area (Å²) < 4.78 is 0. The van der Waals surface area contributed by atoms with Crippen LogP contribution >= 0.6 is 44.3 Å². The first-order chi connectivity index (χ1) is 4.27. The molecule has 0 bridgehead atoms. The van der Waals surface area contributed by atoms with Crippen molar-refractivity contribution in [1.29, 1.82) is 0 Å². The Balaban J connectivity index is 0. The summed E-state index contributed by atoms with van der Waals surface area (Å²) in [5.74, 6) is 0. The maximum atomic E-state index is 5.43. The van der Waals surface area contributed by atoms with Gasteiger partial charge in [0.25, 0.3) is 0 Å². The molecule has 0 aliphatic heterocycles. The zero-order valence-electron chi connectivity index (χ0n) is 6.30. The minimum Gasteiger partial charge on any atom is -0.150 e. The van der Waals surface area contributed by atoms with Crippen LogP contribution in [0.25, 0.3) is 0 Å². The molecule has 0 unspecified atom stereocenters. The van der Waals surface area contributed by atoms with Crippen LogP contribution in [-0.4, -0.2) is 14.1 Å². The first-order valence-corrected chi connectivity index (χ1v) is 12.3. The summed E-state index contributed by atoms with van der Waals surface area (Å²) in [5.41, 5.74) is 0. The summed E-state index contributed by atoms with van der Waals surface area (Å²) in [6.07, 6.45) is 0. The van der Waals surface area contributed by atoms with Crippen LogP contribution in [0.4, 0.5) is 0 Å². The third-order valence-electron chi connectivity index (χ3n) is 0.309. The number of hydrogen-bond donors (Lipinski definition) is 0. The first-order valence-electron chi connectivity index (χ1n) is 2.93. The third kappa shape index (κ3) is 54.9. The molecule has 0 nitrogen and oxygen atoms in total. The third-order valence-corrected chi connectivity index (χ3v) is 2.78. The van der Waals surface area contributed by atoms with Gasteiger partial charge in [-0.2, -0.15) is 22.2 Å². The van der Waals surface area contributed by atoms with E-state index in [2.05, 4.69) is 0 Å². The van der Waals surface area contributed by atoms with Crippen LogP contribution in [0.2, 0.25) is 19.1 Å². The van der Waals surface area contributed by atoms with E-state index in [0.717, 1.165) is 6.04 Å². The van der Waals surface area contributed by atoms with E-state index in [9.17, 15) is 0 Å². The zero-order valence-corrected chi connectivity index (χ0v) is 11.5. The summed E-state index contributed by atoms with van der Waals surface area (Å²) >= 11 is 21.6. The minimum absolute atomic E-state index is 0.975. The molecular weight excluding hydrogens is 246 g/mol. The molecule has 0 aromatic rings. The fraction of sp³-hybridized carbons (Fsp3) is 1.00. The van der Waals surface area contributed by atoms with Gasteiger partial charge < -0.3 is 0 Å². The van der Waals surface area contributed by atoms with Crippen LogP contribution in [0.1, 0.15) is 6.92 Å². The largest absolute Gasteiger partial charge is 0.245 e. The van der Waals surface area contributed by atoms with E-state index in [-0.39, 0.29) is 0 Å². The molecule has 0 atom stereocenters. The Kier molecular flexibility index (Phi) is 10.3. The van der Waals surface area contributed by atoms with Crippen molar-refractivity contribution >= 4 is 58.4 Å². The second-order valence-electron chi connectivity index (χ2n) is 2.13. The maximum absolute atomic E-state index is 5.43. The van der Waals surface area contributed by atoms with Crippen molar-refractivity contribution in [2.75, 3.05) is 0 Å². The average Bonchev–Trinajstić information content (AvgIpc) is 1.61. The molecule has 0 amide bonds. The lowest BCUT2D eigenvalue weighted by atomic mass is 11.0. The van der Waals surface area contributed by atoms with E-state index in [4.69, 9.17) is 44.3 Å². The van der Waals surface area contributed by atoms with Gasteiger partial charge in [0, 0.05) is 0 Å². The summed E-state index contributed by atoms with van der Waals surface area (Å²) in [5, 5.41) is 0. The van der Waals surface area contributed by atoms with Crippen LogP contribution in [0.5, 0.6) is 0 Å². The van der Waals surface area contributed by atoms with Crippen molar-refractivity contribution in [1.82, 2.24) is 0 Å². The van der Waals surface area contributed by atoms with Gasteiger partial charge in [-0.15, -0.1) is 22.2 Å².